The second-order valence-electron chi connectivity index (χ2n) is 5.35. The highest BCUT2D eigenvalue weighted by Gasteiger charge is 2.35. The number of aliphatic hydroxyl groups excluding tert-OH is 1. The highest BCUT2D eigenvalue weighted by atomic mass is 32.1. The summed E-state index contributed by atoms with van der Waals surface area (Å²) in [6, 6.07) is 2.52. The lowest BCUT2D eigenvalue weighted by Gasteiger charge is -2.36. The third-order valence-electron chi connectivity index (χ3n) is 3.82. The number of carbonyl (C=O) groups is 1. The summed E-state index contributed by atoms with van der Waals surface area (Å²) in [6.45, 7) is 4.46. The Morgan fingerprint density at radius 1 is 1.48 bits per heavy atom. The summed E-state index contributed by atoms with van der Waals surface area (Å²) in [5.74, 6) is 6.01. The van der Waals surface area contributed by atoms with Gasteiger partial charge in [-0.3, -0.25) is 4.90 Å². The van der Waals surface area contributed by atoms with Crippen LogP contribution in [0.4, 0.5) is 4.79 Å². The van der Waals surface area contributed by atoms with E-state index in [0.717, 1.165) is 38.3 Å². The van der Waals surface area contributed by atoms with Crippen molar-refractivity contribution in [3.05, 3.63) is 21.9 Å². The Bertz CT molecular complexity index is 575. The van der Waals surface area contributed by atoms with Crippen LogP contribution in [0, 0.1) is 11.8 Å². The third kappa shape index (κ3) is 3.38. The van der Waals surface area contributed by atoms with Crippen molar-refractivity contribution >= 4 is 17.4 Å². The van der Waals surface area contributed by atoms with Gasteiger partial charge in [-0.1, -0.05) is 11.8 Å². The van der Waals surface area contributed by atoms with Crippen LogP contribution in [0.2, 0.25) is 0 Å². The molecule has 0 spiro atoms. The van der Waals surface area contributed by atoms with Gasteiger partial charge in [0.15, 0.2) is 0 Å². The Hall–Kier alpha value is -1.55. The van der Waals surface area contributed by atoms with Gasteiger partial charge in [0.05, 0.1) is 12.6 Å². The minimum absolute atomic E-state index is 0.0808. The van der Waals surface area contributed by atoms with Crippen LogP contribution in [0.1, 0.15) is 16.9 Å². The Morgan fingerprint density at radius 3 is 3.24 bits per heavy atom. The molecule has 1 atom stereocenters. The summed E-state index contributed by atoms with van der Waals surface area (Å²) in [6.07, 6.45) is 0.524. The first-order valence-electron chi connectivity index (χ1n) is 7.20. The molecule has 3 rings (SSSR count). The van der Waals surface area contributed by atoms with E-state index in [0.29, 0.717) is 12.5 Å². The van der Waals surface area contributed by atoms with Gasteiger partial charge in [-0.05, 0) is 6.07 Å². The number of carbonyl (C=O) groups excluding carboxylic acids is 1. The van der Waals surface area contributed by atoms with Crippen LogP contribution in [-0.4, -0.2) is 59.8 Å². The molecule has 2 amide bonds. The molecule has 1 unspecified atom stereocenters. The normalized spacial score (nSPS) is 21.7. The molecule has 112 valence electrons. The summed E-state index contributed by atoms with van der Waals surface area (Å²) in [4.78, 5) is 17.2. The maximum atomic E-state index is 11.6. The zero-order valence-corrected chi connectivity index (χ0v) is 12.7. The van der Waals surface area contributed by atoms with Crippen molar-refractivity contribution in [1.82, 2.24) is 15.1 Å². The molecule has 2 aliphatic rings. The number of hydrogen-bond acceptors (Lipinski definition) is 4. The summed E-state index contributed by atoms with van der Waals surface area (Å²) in [5.41, 5.74) is 1.03. The van der Waals surface area contributed by atoms with Gasteiger partial charge < -0.3 is 15.3 Å². The molecular weight excluding hydrogens is 286 g/mol. The molecule has 2 fully saturated rings. The number of rotatable bonds is 3. The fraction of sp³-hybridized carbons (Fsp3) is 0.533. The van der Waals surface area contributed by atoms with Crippen LogP contribution >= 0.6 is 11.3 Å². The molecule has 6 heteroatoms. The maximum absolute atomic E-state index is 11.6. The van der Waals surface area contributed by atoms with E-state index in [4.69, 9.17) is 5.11 Å². The van der Waals surface area contributed by atoms with Gasteiger partial charge in [0.1, 0.15) is 0 Å². The van der Waals surface area contributed by atoms with Crippen LogP contribution in [0.25, 0.3) is 0 Å². The molecule has 5 nitrogen and oxygen atoms in total. The lowest BCUT2D eigenvalue weighted by Crippen LogP contribution is -2.51. The number of amides is 2. The number of thiophene rings is 1. The summed E-state index contributed by atoms with van der Waals surface area (Å²) in [5, 5.41) is 13.7. The Labute approximate surface area is 128 Å². The Balaban J connectivity index is 1.56. The van der Waals surface area contributed by atoms with E-state index in [1.165, 1.54) is 4.88 Å². The number of fused-ring (bicyclic) bond motifs is 1. The standard InChI is InChI=1S/C15H19N3O2S/c19-6-2-1-3-12-7-14(21-11-12)10-17-4-5-18-13(9-17)8-16-15(18)20/h7,11,13,19H,2,4-6,8-10H2,(H,16,20). The molecule has 0 aromatic carbocycles. The van der Waals surface area contributed by atoms with Crippen LogP contribution in [-0.2, 0) is 6.54 Å². The van der Waals surface area contributed by atoms with E-state index in [1.807, 2.05) is 4.90 Å². The SMILES string of the molecule is O=C1NCC2CN(Cc3cc(C#CCCO)cs3)CCN12. The van der Waals surface area contributed by atoms with E-state index >= 15 is 0 Å². The van der Waals surface area contributed by atoms with Gasteiger partial charge in [-0.25, -0.2) is 4.79 Å². The zero-order valence-electron chi connectivity index (χ0n) is 11.8. The van der Waals surface area contributed by atoms with E-state index in [2.05, 4.69) is 33.5 Å². The Morgan fingerprint density at radius 2 is 2.38 bits per heavy atom. The molecule has 0 aliphatic carbocycles. The zero-order chi connectivity index (χ0) is 14.7. The fourth-order valence-corrected chi connectivity index (χ4v) is 3.64. The van der Waals surface area contributed by atoms with Gasteiger partial charge in [-0.15, -0.1) is 11.3 Å². The van der Waals surface area contributed by atoms with E-state index in [9.17, 15) is 4.79 Å². The number of nitrogens with one attached hydrogen (secondary N) is 1. The molecule has 2 N–H and O–H groups in total. The summed E-state index contributed by atoms with van der Waals surface area (Å²) < 4.78 is 0. The topological polar surface area (TPSA) is 55.8 Å². The number of nitrogens with zero attached hydrogens (tertiary/aromatic N) is 2. The van der Waals surface area contributed by atoms with E-state index < -0.39 is 0 Å². The average Bonchev–Trinajstić information content (AvgIpc) is 3.07. The molecule has 1 aromatic rings. The predicted octanol–water partition coefficient (Wildman–Crippen LogP) is 0.691. The third-order valence-corrected chi connectivity index (χ3v) is 4.74. The molecule has 0 radical (unpaired) electrons. The van der Waals surface area contributed by atoms with Crippen molar-refractivity contribution in [2.45, 2.75) is 19.0 Å². The highest BCUT2D eigenvalue weighted by Crippen LogP contribution is 2.20. The molecule has 2 aliphatic heterocycles. The average molecular weight is 305 g/mol. The van der Waals surface area contributed by atoms with Crippen molar-refractivity contribution in [2.24, 2.45) is 0 Å². The molecule has 3 heterocycles. The number of hydrogen-bond donors (Lipinski definition) is 2. The molecule has 21 heavy (non-hydrogen) atoms. The largest absolute Gasteiger partial charge is 0.395 e. The molecule has 0 saturated carbocycles. The number of piperazine rings is 1. The van der Waals surface area contributed by atoms with Crippen LogP contribution in [0.5, 0.6) is 0 Å². The molecular formula is C15H19N3O2S. The van der Waals surface area contributed by atoms with Crippen molar-refractivity contribution in [3.63, 3.8) is 0 Å². The second kappa shape index (κ2) is 6.48. The molecule has 1 aromatic heterocycles. The van der Waals surface area contributed by atoms with Crippen molar-refractivity contribution in [1.29, 1.82) is 0 Å². The smallest absolute Gasteiger partial charge is 0.317 e. The van der Waals surface area contributed by atoms with Crippen molar-refractivity contribution in [3.8, 4) is 11.8 Å². The minimum Gasteiger partial charge on any atom is -0.395 e. The molecule has 0 bridgehead atoms. The monoisotopic (exact) mass is 305 g/mol. The minimum atomic E-state index is 0.0808. The second-order valence-corrected chi connectivity index (χ2v) is 6.34. The predicted molar refractivity (Wildman–Crippen MR) is 82.1 cm³/mol. The maximum Gasteiger partial charge on any atom is 0.317 e. The first-order valence-corrected chi connectivity index (χ1v) is 8.08. The first kappa shape index (κ1) is 14.4. The van der Waals surface area contributed by atoms with Crippen LogP contribution in [0.15, 0.2) is 11.4 Å². The van der Waals surface area contributed by atoms with E-state index in [-0.39, 0.29) is 12.6 Å². The van der Waals surface area contributed by atoms with Gasteiger partial charge in [0, 0.05) is 55.0 Å². The lowest BCUT2D eigenvalue weighted by atomic mass is 10.2. The fourth-order valence-electron chi connectivity index (χ4n) is 2.78. The highest BCUT2D eigenvalue weighted by molar-refractivity contribution is 7.10. The summed E-state index contributed by atoms with van der Waals surface area (Å²) in [7, 11) is 0. The molecule has 2 saturated heterocycles. The van der Waals surface area contributed by atoms with E-state index in [1.54, 1.807) is 11.3 Å². The van der Waals surface area contributed by atoms with Crippen molar-refractivity contribution < 1.29 is 9.90 Å². The lowest BCUT2D eigenvalue weighted by molar-refractivity contribution is 0.117. The van der Waals surface area contributed by atoms with Crippen LogP contribution < -0.4 is 5.32 Å². The van der Waals surface area contributed by atoms with Gasteiger partial charge >= 0.3 is 6.03 Å². The number of urea groups is 1. The first-order chi connectivity index (χ1) is 10.3. The quantitative estimate of drug-likeness (QED) is 0.808. The van der Waals surface area contributed by atoms with Gasteiger partial charge in [-0.2, -0.15) is 0 Å². The van der Waals surface area contributed by atoms with Gasteiger partial charge in [0.2, 0.25) is 0 Å². The number of aliphatic hydroxyl groups is 1. The van der Waals surface area contributed by atoms with Crippen LogP contribution in [0.3, 0.4) is 0 Å². The summed E-state index contributed by atoms with van der Waals surface area (Å²) >= 11 is 1.72. The Kier molecular flexibility index (Phi) is 4.44. The van der Waals surface area contributed by atoms with Crippen molar-refractivity contribution in [2.75, 3.05) is 32.8 Å². The van der Waals surface area contributed by atoms with Gasteiger partial charge in [0.25, 0.3) is 0 Å².